The van der Waals surface area contributed by atoms with E-state index >= 15 is 0 Å². The van der Waals surface area contributed by atoms with Crippen molar-refractivity contribution in [3.05, 3.63) is 23.5 Å². The molecule has 0 spiro atoms. The van der Waals surface area contributed by atoms with Crippen molar-refractivity contribution in [1.82, 2.24) is 4.98 Å². The predicted octanol–water partition coefficient (Wildman–Crippen LogP) is 2.03. The Morgan fingerprint density at radius 2 is 2.29 bits per heavy atom. The number of halogens is 1. The highest BCUT2D eigenvalue weighted by Gasteiger charge is 2.13. The number of carbonyl (C=O) groups excluding carboxylic acids is 1. The average molecular weight is 253 g/mol. The summed E-state index contributed by atoms with van der Waals surface area (Å²) in [4.78, 5) is 15.6. The fourth-order valence-electron chi connectivity index (χ4n) is 1.37. The third-order valence-corrected chi connectivity index (χ3v) is 3.33. The molecule has 2 aromatic rings. The number of nitrogens with zero attached hydrogens (tertiary/aromatic N) is 1. The Bertz CT molecular complexity index is 579. The number of aromatic nitrogens is 1. The molecule has 1 aromatic carbocycles. The number of thiazole rings is 1. The highest BCUT2D eigenvalue weighted by molar-refractivity contribution is 7.22. The Morgan fingerprint density at radius 1 is 1.59 bits per heavy atom. The van der Waals surface area contributed by atoms with Crippen LogP contribution in [0.3, 0.4) is 0 Å². The van der Waals surface area contributed by atoms with E-state index in [0.717, 1.165) is 4.70 Å². The van der Waals surface area contributed by atoms with Crippen LogP contribution in [0, 0.1) is 12.7 Å². The fraction of sp³-hybridized carbons (Fsp3) is 0.273. The summed E-state index contributed by atoms with van der Waals surface area (Å²) in [5, 5.41) is 3.04. The molecule has 6 heteroatoms. The van der Waals surface area contributed by atoms with E-state index in [0.29, 0.717) is 16.2 Å². The number of aryl methyl sites for hydroxylation is 1. The summed E-state index contributed by atoms with van der Waals surface area (Å²) < 4.78 is 14.1. The zero-order valence-electron chi connectivity index (χ0n) is 9.45. The largest absolute Gasteiger partial charge is 0.320 e. The molecule has 3 N–H and O–H groups in total. The van der Waals surface area contributed by atoms with Crippen molar-refractivity contribution in [3.63, 3.8) is 0 Å². The van der Waals surface area contributed by atoms with Crippen molar-refractivity contribution >= 4 is 32.6 Å². The van der Waals surface area contributed by atoms with Gasteiger partial charge in [-0.3, -0.25) is 4.79 Å². The second-order valence-electron chi connectivity index (χ2n) is 3.82. The number of nitrogens with two attached hydrogens (primary N) is 1. The van der Waals surface area contributed by atoms with E-state index in [1.54, 1.807) is 19.9 Å². The molecule has 4 nitrogen and oxygen atoms in total. The number of rotatable bonds is 2. The lowest BCUT2D eigenvalue weighted by atomic mass is 10.2. The molecule has 1 unspecified atom stereocenters. The van der Waals surface area contributed by atoms with Crippen molar-refractivity contribution in [2.45, 2.75) is 19.9 Å². The Hall–Kier alpha value is -1.53. The van der Waals surface area contributed by atoms with Gasteiger partial charge >= 0.3 is 0 Å². The standard InChI is InChI=1S/C11H12FN3OS/c1-5-7(12)3-4-8-9(5)14-11(17-8)15-10(16)6(2)13/h3-4,6H,13H2,1-2H3,(H,14,15,16). The number of nitrogens with one attached hydrogen (secondary N) is 1. The van der Waals surface area contributed by atoms with Crippen LogP contribution in [0.25, 0.3) is 10.2 Å². The van der Waals surface area contributed by atoms with Gasteiger partial charge in [0, 0.05) is 5.56 Å². The highest BCUT2D eigenvalue weighted by Crippen LogP contribution is 2.29. The van der Waals surface area contributed by atoms with E-state index in [2.05, 4.69) is 10.3 Å². The normalized spacial score (nSPS) is 12.7. The van der Waals surface area contributed by atoms with Crippen LogP contribution in [0.15, 0.2) is 12.1 Å². The van der Waals surface area contributed by atoms with Gasteiger partial charge < -0.3 is 11.1 Å². The van der Waals surface area contributed by atoms with Crippen molar-refractivity contribution in [2.24, 2.45) is 5.73 Å². The maximum Gasteiger partial charge on any atom is 0.242 e. The molecule has 0 bridgehead atoms. The maximum absolute atomic E-state index is 13.3. The molecular weight excluding hydrogens is 241 g/mol. The van der Waals surface area contributed by atoms with Crippen LogP contribution in [-0.2, 0) is 4.79 Å². The number of hydrogen-bond donors (Lipinski definition) is 2. The molecular formula is C11H12FN3OS. The van der Waals surface area contributed by atoms with Gasteiger partial charge in [-0.25, -0.2) is 9.37 Å². The number of hydrogen-bond acceptors (Lipinski definition) is 4. The smallest absolute Gasteiger partial charge is 0.242 e. The van der Waals surface area contributed by atoms with E-state index in [1.807, 2.05) is 0 Å². The number of carbonyl (C=O) groups is 1. The summed E-state index contributed by atoms with van der Waals surface area (Å²) in [6, 6.07) is 2.45. The van der Waals surface area contributed by atoms with Crippen LogP contribution in [0.4, 0.5) is 9.52 Å². The van der Waals surface area contributed by atoms with E-state index < -0.39 is 6.04 Å². The average Bonchev–Trinajstić information content (AvgIpc) is 2.67. The summed E-state index contributed by atoms with van der Waals surface area (Å²) in [7, 11) is 0. The van der Waals surface area contributed by atoms with Gasteiger partial charge in [-0.15, -0.1) is 0 Å². The zero-order chi connectivity index (χ0) is 12.6. The van der Waals surface area contributed by atoms with Gasteiger partial charge in [0.15, 0.2) is 5.13 Å². The summed E-state index contributed by atoms with van der Waals surface area (Å²) in [6.45, 7) is 3.25. The molecule has 2 rings (SSSR count). The minimum Gasteiger partial charge on any atom is -0.320 e. The van der Waals surface area contributed by atoms with Gasteiger partial charge in [0.1, 0.15) is 5.82 Å². The monoisotopic (exact) mass is 253 g/mol. The Kier molecular flexibility index (Phi) is 3.08. The minimum atomic E-state index is -0.597. The zero-order valence-corrected chi connectivity index (χ0v) is 10.3. The van der Waals surface area contributed by atoms with Crippen LogP contribution >= 0.6 is 11.3 Å². The van der Waals surface area contributed by atoms with Crippen LogP contribution in [-0.4, -0.2) is 16.9 Å². The maximum atomic E-state index is 13.3. The number of fused-ring (bicyclic) bond motifs is 1. The predicted molar refractivity (Wildman–Crippen MR) is 66.6 cm³/mol. The van der Waals surface area contributed by atoms with E-state index in [-0.39, 0.29) is 11.7 Å². The number of amides is 1. The van der Waals surface area contributed by atoms with Crippen molar-refractivity contribution in [1.29, 1.82) is 0 Å². The molecule has 1 aromatic heterocycles. The van der Waals surface area contributed by atoms with Gasteiger partial charge in [0.05, 0.1) is 16.3 Å². The Balaban J connectivity index is 2.39. The van der Waals surface area contributed by atoms with Gasteiger partial charge in [0.2, 0.25) is 5.91 Å². The van der Waals surface area contributed by atoms with Gasteiger partial charge in [0.25, 0.3) is 0 Å². The molecule has 17 heavy (non-hydrogen) atoms. The molecule has 0 aliphatic heterocycles. The highest BCUT2D eigenvalue weighted by atomic mass is 32.1. The second-order valence-corrected chi connectivity index (χ2v) is 4.85. The first-order valence-electron chi connectivity index (χ1n) is 5.11. The quantitative estimate of drug-likeness (QED) is 0.860. The first-order valence-corrected chi connectivity index (χ1v) is 5.93. The van der Waals surface area contributed by atoms with E-state index in [9.17, 15) is 9.18 Å². The molecule has 90 valence electrons. The van der Waals surface area contributed by atoms with Crippen molar-refractivity contribution in [2.75, 3.05) is 5.32 Å². The fourth-order valence-corrected chi connectivity index (χ4v) is 2.30. The second kappa shape index (κ2) is 4.38. The SMILES string of the molecule is Cc1c(F)ccc2sc(NC(=O)C(C)N)nc12. The Labute approximate surface area is 102 Å². The summed E-state index contributed by atoms with van der Waals surface area (Å²) in [5.41, 5.74) is 6.50. The van der Waals surface area contributed by atoms with Crippen LogP contribution in [0.1, 0.15) is 12.5 Å². The lowest BCUT2D eigenvalue weighted by molar-refractivity contribution is -0.117. The third kappa shape index (κ3) is 2.27. The van der Waals surface area contributed by atoms with Gasteiger partial charge in [-0.05, 0) is 26.0 Å². The molecule has 1 heterocycles. The Morgan fingerprint density at radius 3 is 2.94 bits per heavy atom. The molecule has 0 radical (unpaired) electrons. The summed E-state index contributed by atoms with van der Waals surface area (Å²) in [6.07, 6.45) is 0. The lowest BCUT2D eigenvalue weighted by Crippen LogP contribution is -2.32. The molecule has 0 saturated carbocycles. The minimum absolute atomic E-state index is 0.298. The van der Waals surface area contributed by atoms with Crippen LogP contribution in [0.2, 0.25) is 0 Å². The molecule has 1 atom stereocenters. The first kappa shape index (κ1) is 11.9. The molecule has 0 aliphatic carbocycles. The molecule has 1 amide bonds. The van der Waals surface area contributed by atoms with E-state index in [1.165, 1.54) is 17.4 Å². The van der Waals surface area contributed by atoms with Crippen molar-refractivity contribution < 1.29 is 9.18 Å². The van der Waals surface area contributed by atoms with E-state index in [4.69, 9.17) is 5.73 Å². The molecule has 0 saturated heterocycles. The van der Waals surface area contributed by atoms with Gasteiger partial charge in [-0.1, -0.05) is 11.3 Å². The van der Waals surface area contributed by atoms with Crippen LogP contribution in [0.5, 0.6) is 0 Å². The topological polar surface area (TPSA) is 68.0 Å². The third-order valence-electron chi connectivity index (χ3n) is 2.39. The first-order chi connectivity index (χ1) is 7.99. The molecule has 0 fully saturated rings. The lowest BCUT2D eigenvalue weighted by Gasteiger charge is -2.03. The summed E-state index contributed by atoms with van der Waals surface area (Å²) in [5.74, 6) is -0.602. The molecule has 0 aliphatic rings. The van der Waals surface area contributed by atoms with Gasteiger partial charge in [-0.2, -0.15) is 0 Å². The number of anilines is 1. The van der Waals surface area contributed by atoms with Crippen molar-refractivity contribution in [3.8, 4) is 0 Å². The summed E-state index contributed by atoms with van der Waals surface area (Å²) >= 11 is 1.30. The number of benzene rings is 1. The van der Waals surface area contributed by atoms with Crippen LogP contribution < -0.4 is 11.1 Å².